The summed E-state index contributed by atoms with van der Waals surface area (Å²) in [5.74, 6) is -0.417. The van der Waals surface area contributed by atoms with Crippen molar-refractivity contribution in [3.8, 4) is 11.1 Å². The molecule has 0 saturated carbocycles. The van der Waals surface area contributed by atoms with Crippen LogP contribution in [0.1, 0.15) is 40.9 Å². The summed E-state index contributed by atoms with van der Waals surface area (Å²) < 4.78 is 31.8. The van der Waals surface area contributed by atoms with Gasteiger partial charge in [0.05, 0.1) is 28.1 Å². The molecule has 4 aromatic rings. The summed E-state index contributed by atoms with van der Waals surface area (Å²) in [5.41, 5.74) is 3.63. The van der Waals surface area contributed by atoms with E-state index in [0.717, 1.165) is 29.5 Å². The van der Waals surface area contributed by atoms with E-state index in [1.807, 2.05) is 36.4 Å². The number of sulfone groups is 1. The summed E-state index contributed by atoms with van der Waals surface area (Å²) in [6.45, 7) is 3.16. The summed E-state index contributed by atoms with van der Waals surface area (Å²) in [6, 6.07) is 27.8. The van der Waals surface area contributed by atoms with Gasteiger partial charge in [-0.25, -0.2) is 13.2 Å². The third-order valence-electron chi connectivity index (χ3n) is 6.48. The highest BCUT2D eigenvalue weighted by molar-refractivity contribution is 7.91. The molecule has 0 unspecified atom stereocenters. The van der Waals surface area contributed by atoms with Crippen LogP contribution >= 0.6 is 11.6 Å². The van der Waals surface area contributed by atoms with Crippen LogP contribution in [0.3, 0.4) is 0 Å². The van der Waals surface area contributed by atoms with Crippen molar-refractivity contribution < 1.29 is 23.1 Å². The molecular weight excluding hydrogens is 546 g/mol. The lowest BCUT2D eigenvalue weighted by Crippen LogP contribution is -2.22. The van der Waals surface area contributed by atoms with E-state index in [0.29, 0.717) is 29.2 Å². The average Bonchev–Trinajstić information content (AvgIpc) is 2.97. The zero-order chi connectivity index (χ0) is 28.5. The van der Waals surface area contributed by atoms with Gasteiger partial charge in [-0.3, -0.25) is 0 Å². The van der Waals surface area contributed by atoms with Crippen molar-refractivity contribution in [2.45, 2.75) is 35.7 Å². The van der Waals surface area contributed by atoms with Gasteiger partial charge in [0, 0.05) is 11.6 Å². The number of aliphatic hydroxyl groups excluding tert-OH is 1. The predicted molar refractivity (Wildman–Crippen MR) is 157 cm³/mol. The SMILES string of the molecule is CCOC(=O)c1cccc(-c2cccc(S(=O)(=O)c3ccc(CCCNC[C@H](O)c4cccc(Cl)c4)cc3)c2)c1. The van der Waals surface area contributed by atoms with Gasteiger partial charge in [0.25, 0.3) is 0 Å². The molecule has 208 valence electrons. The number of esters is 1. The van der Waals surface area contributed by atoms with Crippen molar-refractivity contribution in [3.05, 3.63) is 119 Å². The molecule has 40 heavy (non-hydrogen) atoms. The van der Waals surface area contributed by atoms with Crippen LogP contribution in [0.25, 0.3) is 11.1 Å². The molecule has 1 atom stereocenters. The fourth-order valence-corrected chi connectivity index (χ4v) is 5.85. The lowest BCUT2D eigenvalue weighted by Gasteiger charge is -2.12. The first-order valence-corrected chi connectivity index (χ1v) is 15.0. The number of nitrogens with one attached hydrogen (secondary N) is 1. The van der Waals surface area contributed by atoms with Gasteiger partial charge in [-0.15, -0.1) is 0 Å². The Bertz CT molecular complexity index is 1550. The number of halogens is 1. The zero-order valence-electron chi connectivity index (χ0n) is 22.2. The van der Waals surface area contributed by atoms with Gasteiger partial charge in [0.1, 0.15) is 0 Å². The molecule has 0 aromatic heterocycles. The van der Waals surface area contributed by atoms with E-state index >= 15 is 0 Å². The number of carbonyl (C=O) groups excluding carboxylic acids is 1. The number of carbonyl (C=O) groups is 1. The van der Waals surface area contributed by atoms with Crippen LogP contribution in [-0.4, -0.2) is 39.2 Å². The molecule has 0 aliphatic heterocycles. The van der Waals surface area contributed by atoms with Gasteiger partial charge in [-0.05, 0) is 97.1 Å². The fraction of sp³-hybridized carbons (Fsp3) is 0.219. The minimum atomic E-state index is -3.73. The van der Waals surface area contributed by atoms with Crippen LogP contribution in [0.5, 0.6) is 0 Å². The quantitative estimate of drug-likeness (QED) is 0.152. The molecule has 0 aliphatic rings. The van der Waals surface area contributed by atoms with Crippen molar-refractivity contribution in [1.29, 1.82) is 0 Å². The number of benzene rings is 4. The van der Waals surface area contributed by atoms with Crippen LogP contribution < -0.4 is 5.32 Å². The Morgan fingerprint density at radius 2 is 1.60 bits per heavy atom. The Kier molecular flexibility index (Phi) is 10.1. The first kappa shape index (κ1) is 29.5. The average molecular weight is 578 g/mol. The van der Waals surface area contributed by atoms with E-state index in [1.54, 1.807) is 67.6 Å². The molecule has 0 radical (unpaired) electrons. The van der Waals surface area contributed by atoms with E-state index in [1.165, 1.54) is 0 Å². The summed E-state index contributed by atoms with van der Waals surface area (Å²) in [4.78, 5) is 12.5. The first-order valence-electron chi connectivity index (χ1n) is 13.1. The van der Waals surface area contributed by atoms with E-state index in [9.17, 15) is 18.3 Å². The second-order valence-electron chi connectivity index (χ2n) is 9.35. The highest BCUT2D eigenvalue weighted by atomic mass is 35.5. The molecule has 0 saturated heterocycles. The Balaban J connectivity index is 1.35. The minimum absolute atomic E-state index is 0.182. The van der Waals surface area contributed by atoms with Crippen molar-refractivity contribution in [2.24, 2.45) is 0 Å². The van der Waals surface area contributed by atoms with Crippen LogP contribution in [0.15, 0.2) is 107 Å². The number of hydrogen-bond donors (Lipinski definition) is 2. The Morgan fingerprint density at radius 1 is 0.900 bits per heavy atom. The lowest BCUT2D eigenvalue weighted by atomic mass is 10.0. The molecule has 4 rings (SSSR count). The normalized spacial score (nSPS) is 12.2. The molecule has 6 nitrogen and oxygen atoms in total. The Hall–Kier alpha value is -3.49. The number of hydrogen-bond acceptors (Lipinski definition) is 6. The first-order chi connectivity index (χ1) is 19.3. The second kappa shape index (κ2) is 13.7. The van der Waals surface area contributed by atoms with Gasteiger partial charge >= 0.3 is 5.97 Å². The number of aryl methyl sites for hydroxylation is 1. The van der Waals surface area contributed by atoms with Crippen LogP contribution in [0.2, 0.25) is 5.02 Å². The van der Waals surface area contributed by atoms with Gasteiger partial charge in [-0.1, -0.05) is 60.1 Å². The number of ether oxygens (including phenoxy) is 1. The molecule has 0 aliphatic carbocycles. The maximum atomic E-state index is 13.4. The fourth-order valence-electron chi connectivity index (χ4n) is 4.34. The molecule has 0 spiro atoms. The Labute approximate surface area is 240 Å². The van der Waals surface area contributed by atoms with E-state index in [4.69, 9.17) is 16.3 Å². The van der Waals surface area contributed by atoms with Gasteiger partial charge in [0.2, 0.25) is 9.84 Å². The van der Waals surface area contributed by atoms with Crippen molar-refractivity contribution in [3.63, 3.8) is 0 Å². The summed E-state index contributed by atoms with van der Waals surface area (Å²) in [6.07, 6.45) is 0.969. The molecule has 0 heterocycles. The third-order valence-corrected chi connectivity index (χ3v) is 8.48. The standard InChI is InChI=1S/C32H32ClNO5S/c1-2-39-32(36)27-11-3-8-24(19-27)25-9-5-13-30(21-25)40(37,38)29-16-14-23(15-17-29)7-6-18-34-22-31(35)26-10-4-12-28(33)20-26/h3-5,8-17,19-21,31,34-35H,2,6-7,18,22H2,1H3/t31-/m0/s1. The van der Waals surface area contributed by atoms with Crippen molar-refractivity contribution >= 4 is 27.4 Å². The van der Waals surface area contributed by atoms with Gasteiger partial charge < -0.3 is 15.2 Å². The summed E-state index contributed by atoms with van der Waals surface area (Å²) in [5, 5.41) is 14.1. The molecule has 4 aromatic carbocycles. The van der Waals surface area contributed by atoms with Crippen LogP contribution in [-0.2, 0) is 21.0 Å². The van der Waals surface area contributed by atoms with Crippen LogP contribution in [0.4, 0.5) is 0 Å². The lowest BCUT2D eigenvalue weighted by molar-refractivity contribution is 0.0526. The molecule has 0 fully saturated rings. The largest absolute Gasteiger partial charge is 0.462 e. The number of rotatable bonds is 12. The van der Waals surface area contributed by atoms with E-state index < -0.39 is 21.9 Å². The maximum absolute atomic E-state index is 13.4. The smallest absolute Gasteiger partial charge is 0.338 e. The zero-order valence-corrected chi connectivity index (χ0v) is 23.8. The van der Waals surface area contributed by atoms with E-state index in [2.05, 4.69) is 5.32 Å². The molecule has 0 bridgehead atoms. The predicted octanol–water partition coefficient (Wildman–Crippen LogP) is 6.27. The Morgan fingerprint density at radius 3 is 2.33 bits per heavy atom. The minimum Gasteiger partial charge on any atom is -0.462 e. The molecular formula is C32H32ClNO5S. The van der Waals surface area contributed by atoms with E-state index in [-0.39, 0.29) is 16.4 Å². The molecule has 8 heteroatoms. The second-order valence-corrected chi connectivity index (χ2v) is 11.7. The maximum Gasteiger partial charge on any atom is 0.338 e. The van der Waals surface area contributed by atoms with Crippen molar-refractivity contribution in [1.82, 2.24) is 5.32 Å². The highest BCUT2D eigenvalue weighted by Crippen LogP contribution is 2.27. The highest BCUT2D eigenvalue weighted by Gasteiger charge is 2.18. The topological polar surface area (TPSA) is 92.7 Å². The summed E-state index contributed by atoms with van der Waals surface area (Å²) >= 11 is 5.99. The van der Waals surface area contributed by atoms with Gasteiger partial charge in [0.15, 0.2) is 0 Å². The monoisotopic (exact) mass is 577 g/mol. The van der Waals surface area contributed by atoms with Gasteiger partial charge in [-0.2, -0.15) is 0 Å². The van der Waals surface area contributed by atoms with Crippen molar-refractivity contribution in [2.75, 3.05) is 19.7 Å². The summed E-state index contributed by atoms with van der Waals surface area (Å²) in [7, 11) is -3.73. The number of aliphatic hydroxyl groups is 1. The third kappa shape index (κ3) is 7.58. The molecule has 0 amide bonds. The molecule has 2 N–H and O–H groups in total. The van der Waals surface area contributed by atoms with Crippen LogP contribution in [0, 0.1) is 0 Å².